The number of rotatable bonds is 4. The first-order valence-electron chi connectivity index (χ1n) is 3.05. The minimum atomic E-state index is -0.461. The predicted octanol–water partition coefficient (Wildman–Crippen LogP) is -0.0303. The topological polar surface area (TPSA) is 49.7 Å². The molecule has 2 N–H and O–H groups in total. The summed E-state index contributed by atoms with van der Waals surface area (Å²) in [4.78, 5) is 0. The quantitative estimate of drug-likeness (QED) is 0.531. The lowest BCUT2D eigenvalue weighted by molar-refractivity contribution is -0.0524. The maximum absolute atomic E-state index is 9.02. The highest BCUT2D eigenvalue weighted by atomic mass is 16.6. The number of hydrogen-bond acceptors (Lipinski definition) is 3. The molecular weight excluding hydrogens is 120 g/mol. The average molecular weight is 134 g/mol. The minimum Gasteiger partial charge on any atom is -0.390 e. The van der Waals surface area contributed by atoms with Crippen molar-refractivity contribution >= 4 is 0 Å². The number of aliphatic hydroxyl groups is 2. The van der Waals surface area contributed by atoms with Crippen molar-refractivity contribution in [3.63, 3.8) is 0 Å². The highest BCUT2D eigenvalue weighted by molar-refractivity contribution is 4.56. The summed E-state index contributed by atoms with van der Waals surface area (Å²) in [7, 11) is 0. The van der Waals surface area contributed by atoms with Crippen LogP contribution in [0.4, 0.5) is 0 Å². The predicted molar refractivity (Wildman–Crippen MR) is 33.9 cm³/mol. The molecule has 3 nitrogen and oxygen atoms in total. The summed E-state index contributed by atoms with van der Waals surface area (Å²) in [5, 5.41) is 17.2. The van der Waals surface area contributed by atoms with Crippen LogP contribution in [0.15, 0.2) is 0 Å². The zero-order chi connectivity index (χ0) is 7.28. The van der Waals surface area contributed by atoms with E-state index in [9.17, 15) is 0 Å². The molecule has 0 aliphatic heterocycles. The normalized spacial score (nSPS) is 14.3. The first-order valence-corrected chi connectivity index (χ1v) is 3.05. The van der Waals surface area contributed by atoms with Crippen molar-refractivity contribution in [1.82, 2.24) is 0 Å². The molecule has 0 spiro atoms. The Hall–Kier alpha value is -0.120. The SMILES string of the molecule is CC(C)[C@H](O)COCO. The molecule has 9 heavy (non-hydrogen) atoms. The van der Waals surface area contributed by atoms with Gasteiger partial charge in [-0.05, 0) is 5.92 Å². The first kappa shape index (κ1) is 8.88. The van der Waals surface area contributed by atoms with Crippen molar-refractivity contribution in [2.75, 3.05) is 13.4 Å². The van der Waals surface area contributed by atoms with E-state index in [1.165, 1.54) is 0 Å². The van der Waals surface area contributed by atoms with Crippen LogP contribution in [0.25, 0.3) is 0 Å². The van der Waals surface area contributed by atoms with Crippen LogP contribution in [0.1, 0.15) is 13.8 Å². The van der Waals surface area contributed by atoms with Crippen molar-refractivity contribution in [2.45, 2.75) is 20.0 Å². The third-order valence-corrected chi connectivity index (χ3v) is 1.15. The van der Waals surface area contributed by atoms with Gasteiger partial charge in [0.15, 0.2) is 0 Å². The molecule has 0 fully saturated rings. The van der Waals surface area contributed by atoms with E-state index in [4.69, 9.17) is 10.2 Å². The van der Waals surface area contributed by atoms with E-state index in [-0.39, 0.29) is 19.3 Å². The zero-order valence-electron chi connectivity index (χ0n) is 5.87. The van der Waals surface area contributed by atoms with Gasteiger partial charge in [0, 0.05) is 0 Å². The molecule has 0 aliphatic carbocycles. The van der Waals surface area contributed by atoms with Crippen LogP contribution in [0.5, 0.6) is 0 Å². The van der Waals surface area contributed by atoms with E-state index in [0.717, 1.165) is 0 Å². The molecule has 0 aromatic heterocycles. The third kappa shape index (κ3) is 4.39. The summed E-state index contributed by atoms with van der Waals surface area (Å²) in [5.74, 6) is 0.191. The van der Waals surface area contributed by atoms with Gasteiger partial charge in [0.25, 0.3) is 0 Å². The smallest absolute Gasteiger partial charge is 0.143 e. The fourth-order valence-corrected chi connectivity index (χ4v) is 0.366. The van der Waals surface area contributed by atoms with Gasteiger partial charge >= 0.3 is 0 Å². The summed E-state index contributed by atoms with van der Waals surface area (Å²) >= 11 is 0. The van der Waals surface area contributed by atoms with Crippen molar-refractivity contribution < 1.29 is 14.9 Å². The van der Waals surface area contributed by atoms with Gasteiger partial charge in [-0.2, -0.15) is 0 Å². The Morgan fingerprint density at radius 1 is 1.44 bits per heavy atom. The van der Waals surface area contributed by atoms with E-state index < -0.39 is 6.10 Å². The third-order valence-electron chi connectivity index (χ3n) is 1.15. The zero-order valence-corrected chi connectivity index (χ0v) is 5.87. The van der Waals surface area contributed by atoms with E-state index >= 15 is 0 Å². The molecule has 0 aliphatic rings. The average Bonchev–Trinajstić information content (AvgIpc) is 1.82. The van der Waals surface area contributed by atoms with Crippen molar-refractivity contribution in [1.29, 1.82) is 0 Å². The Labute approximate surface area is 55.3 Å². The first-order chi connectivity index (χ1) is 4.18. The minimum absolute atomic E-state index is 0.191. The van der Waals surface area contributed by atoms with Gasteiger partial charge in [0.05, 0.1) is 12.7 Å². The van der Waals surface area contributed by atoms with Crippen molar-refractivity contribution in [3.8, 4) is 0 Å². The van der Waals surface area contributed by atoms with Gasteiger partial charge in [-0.1, -0.05) is 13.8 Å². The van der Waals surface area contributed by atoms with E-state index in [1.54, 1.807) is 0 Å². The Kier molecular flexibility index (Phi) is 4.67. The maximum atomic E-state index is 9.02. The van der Waals surface area contributed by atoms with Gasteiger partial charge in [-0.15, -0.1) is 0 Å². The second-order valence-corrected chi connectivity index (χ2v) is 2.31. The molecule has 0 saturated heterocycles. The van der Waals surface area contributed by atoms with Gasteiger partial charge in [0.2, 0.25) is 0 Å². The molecule has 0 aromatic rings. The summed E-state index contributed by atoms with van der Waals surface area (Å²) in [6.07, 6.45) is -0.461. The summed E-state index contributed by atoms with van der Waals surface area (Å²) < 4.78 is 4.56. The molecule has 0 saturated carbocycles. The van der Waals surface area contributed by atoms with Crippen LogP contribution in [0.3, 0.4) is 0 Å². The fourth-order valence-electron chi connectivity index (χ4n) is 0.366. The van der Waals surface area contributed by atoms with E-state index in [2.05, 4.69) is 4.74 Å². The lowest BCUT2D eigenvalue weighted by Gasteiger charge is -2.12. The second-order valence-electron chi connectivity index (χ2n) is 2.31. The number of ether oxygens (including phenoxy) is 1. The summed E-state index contributed by atoms with van der Waals surface area (Å²) in [5.41, 5.74) is 0. The molecule has 0 unspecified atom stereocenters. The monoisotopic (exact) mass is 134 g/mol. The number of aliphatic hydroxyl groups excluding tert-OH is 2. The molecule has 0 aromatic carbocycles. The van der Waals surface area contributed by atoms with E-state index in [0.29, 0.717) is 0 Å². The van der Waals surface area contributed by atoms with Crippen LogP contribution in [-0.4, -0.2) is 29.7 Å². The van der Waals surface area contributed by atoms with Crippen LogP contribution in [0.2, 0.25) is 0 Å². The molecule has 0 rings (SSSR count). The van der Waals surface area contributed by atoms with Gasteiger partial charge < -0.3 is 14.9 Å². The molecular formula is C6H14O3. The Morgan fingerprint density at radius 3 is 2.33 bits per heavy atom. The molecule has 56 valence electrons. The van der Waals surface area contributed by atoms with Gasteiger partial charge in [0.1, 0.15) is 6.79 Å². The summed E-state index contributed by atoms with van der Waals surface area (Å²) in [6, 6.07) is 0. The Morgan fingerprint density at radius 2 is 2.00 bits per heavy atom. The van der Waals surface area contributed by atoms with Crippen LogP contribution in [-0.2, 0) is 4.74 Å². The second kappa shape index (κ2) is 4.73. The summed E-state index contributed by atoms with van der Waals surface area (Å²) in [6.45, 7) is 3.69. The molecule has 3 heteroatoms. The van der Waals surface area contributed by atoms with Gasteiger partial charge in [-0.25, -0.2) is 0 Å². The molecule has 1 atom stereocenters. The van der Waals surface area contributed by atoms with Crippen LogP contribution >= 0.6 is 0 Å². The Bertz CT molecular complexity index is 63.3. The Balaban J connectivity index is 3.16. The number of hydrogen-bond donors (Lipinski definition) is 2. The maximum Gasteiger partial charge on any atom is 0.143 e. The molecule has 0 radical (unpaired) electrons. The highest BCUT2D eigenvalue weighted by Crippen LogP contribution is 2.00. The van der Waals surface area contributed by atoms with Crippen molar-refractivity contribution in [2.24, 2.45) is 5.92 Å². The highest BCUT2D eigenvalue weighted by Gasteiger charge is 2.07. The van der Waals surface area contributed by atoms with Crippen LogP contribution in [0, 0.1) is 5.92 Å². The lowest BCUT2D eigenvalue weighted by atomic mass is 10.1. The van der Waals surface area contributed by atoms with Crippen LogP contribution < -0.4 is 0 Å². The largest absolute Gasteiger partial charge is 0.390 e. The van der Waals surface area contributed by atoms with E-state index in [1.807, 2.05) is 13.8 Å². The van der Waals surface area contributed by atoms with Crippen molar-refractivity contribution in [3.05, 3.63) is 0 Å². The molecule has 0 bridgehead atoms. The molecule has 0 amide bonds. The molecule has 0 heterocycles. The standard InChI is InChI=1S/C6H14O3/c1-5(2)6(8)3-9-4-7/h5-8H,3-4H2,1-2H3/t6-/m1/s1. The lowest BCUT2D eigenvalue weighted by Crippen LogP contribution is -2.21. The van der Waals surface area contributed by atoms with Gasteiger partial charge in [-0.3, -0.25) is 0 Å². The fraction of sp³-hybridized carbons (Fsp3) is 1.00.